The second-order valence-corrected chi connectivity index (χ2v) is 11.3. The average Bonchev–Trinajstić information content (AvgIpc) is 3.26. The number of alkyl halides is 2. The molecule has 15 heteroatoms. The number of aromatic nitrogens is 3. The fourth-order valence-corrected chi connectivity index (χ4v) is 6.27. The molecule has 1 aliphatic heterocycles. The Labute approximate surface area is 218 Å². The molecule has 36 heavy (non-hydrogen) atoms. The van der Waals surface area contributed by atoms with E-state index < -0.39 is 33.2 Å². The van der Waals surface area contributed by atoms with Crippen molar-refractivity contribution < 1.29 is 26.4 Å². The summed E-state index contributed by atoms with van der Waals surface area (Å²) in [6, 6.07) is 3.42. The molecule has 1 N–H and O–H groups in total. The van der Waals surface area contributed by atoms with Crippen LogP contribution in [-0.2, 0) is 17.1 Å². The van der Waals surface area contributed by atoms with Gasteiger partial charge in [0, 0.05) is 58.2 Å². The van der Waals surface area contributed by atoms with Gasteiger partial charge in [0.2, 0.25) is 10.9 Å². The molecule has 9 nitrogen and oxygen atoms in total. The third-order valence-corrected chi connectivity index (χ3v) is 8.83. The van der Waals surface area contributed by atoms with Crippen molar-refractivity contribution in [1.82, 2.24) is 29.5 Å². The quantitative estimate of drug-likeness (QED) is 0.573. The Bertz CT molecular complexity index is 1200. The van der Waals surface area contributed by atoms with Crippen LogP contribution in [0.5, 0.6) is 0 Å². The van der Waals surface area contributed by atoms with E-state index in [0.29, 0.717) is 13.1 Å². The maximum atomic E-state index is 14.0. The van der Waals surface area contributed by atoms with Crippen LogP contribution in [0.3, 0.4) is 0 Å². The van der Waals surface area contributed by atoms with Gasteiger partial charge in [-0.05, 0) is 31.0 Å². The van der Waals surface area contributed by atoms with Crippen molar-refractivity contribution in [3.63, 3.8) is 0 Å². The Morgan fingerprint density at radius 3 is 2.33 bits per heavy atom. The van der Waals surface area contributed by atoms with Crippen LogP contribution < -0.4 is 5.32 Å². The summed E-state index contributed by atoms with van der Waals surface area (Å²) in [5.41, 5.74) is -0.684. The summed E-state index contributed by atoms with van der Waals surface area (Å²) in [7, 11) is -2.26. The molecule has 0 unspecified atom stereocenters. The standard InChI is InChI=1S/C21H26ClF3N6O3S.ClH/c1-29-13-18(27-28-29)35(33,34)31-10-8-30(9-11-31)20(4-6-21(24,25)7-5-20)14-26-19(32)16-3-2-15(23)12-17(16)22;/h2-3,12-13H,4-11,14H2,1H3,(H,26,32);1H. The van der Waals surface area contributed by atoms with E-state index in [9.17, 15) is 26.4 Å². The molecule has 0 spiro atoms. The number of nitrogens with one attached hydrogen (secondary N) is 1. The van der Waals surface area contributed by atoms with Crippen LogP contribution in [0.4, 0.5) is 13.2 Å². The lowest BCUT2D eigenvalue weighted by molar-refractivity contribution is -0.0856. The Morgan fingerprint density at radius 2 is 1.78 bits per heavy atom. The van der Waals surface area contributed by atoms with Crippen molar-refractivity contribution in [3.8, 4) is 0 Å². The van der Waals surface area contributed by atoms with Gasteiger partial charge < -0.3 is 5.32 Å². The molecule has 1 saturated carbocycles. The molecule has 2 aliphatic rings. The summed E-state index contributed by atoms with van der Waals surface area (Å²) in [5.74, 6) is -3.90. The van der Waals surface area contributed by atoms with E-state index in [2.05, 4.69) is 15.6 Å². The van der Waals surface area contributed by atoms with Gasteiger partial charge in [-0.25, -0.2) is 21.6 Å². The lowest BCUT2D eigenvalue weighted by Crippen LogP contribution is -2.63. The number of carbonyl (C=O) groups is 1. The van der Waals surface area contributed by atoms with E-state index in [1.807, 2.05) is 4.90 Å². The molecule has 1 aromatic carbocycles. The van der Waals surface area contributed by atoms with Gasteiger partial charge in [0.05, 0.1) is 16.8 Å². The Balaban J connectivity index is 0.00000361. The first-order chi connectivity index (χ1) is 16.4. The van der Waals surface area contributed by atoms with Gasteiger partial charge in [-0.15, -0.1) is 17.5 Å². The third-order valence-electron chi connectivity index (χ3n) is 6.76. The monoisotopic (exact) mass is 570 g/mol. The van der Waals surface area contributed by atoms with E-state index in [1.165, 1.54) is 21.3 Å². The van der Waals surface area contributed by atoms with Crippen molar-refractivity contribution in [2.45, 2.75) is 42.2 Å². The number of nitrogens with zero attached hydrogens (tertiary/aromatic N) is 5. The molecule has 2 fully saturated rings. The van der Waals surface area contributed by atoms with Gasteiger partial charge in [0.1, 0.15) is 5.82 Å². The Hall–Kier alpha value is -1.93. The minimum Gasteiger partial charge on any atom is -0.350 e. The highest BCUT2D eigenvalue weighted by Crippen LogP contribution is 2.42. The molecule has 1 amide bonds. The number of hydrogen-bond acceptors (Lipinski definition) is 6. The summed E-state index contributed by atoms with van der Waals surface area (Å²) in [6.45, 7) is 0.979. The van der Waals surface area contributed by atoms with Crippen molar-refractivity contribution >= 4 is 39.9 Å². The average molecular weight is 571 g/mol. The molecule has 1 saturated heterocycles. The number of piperazine rings is 1. The molecule has 0 radical (unpaired) electrons. The molecular formula is C21H27Cl2F3N6O3S. The van der Waals surface area contributed by atoms with Crippen molar-refractivity contribution in [3.05, 3.63) is 40.8 Å². The highest BCUT2D eigenvalue weighted by Gasteiger charge is 2.48. The van der Waals surface area contributed by atoms with Crippen molar-refractivity contribution in [1.29, 1.82) is 0 Å². The first-order valence-electron chi connectivity index (χ1n) is 11.1. The van der Waals surface area contributed by atoms with Crippen LogP contribution in [0, 0.1) is 5.82 Å². The number of benzene rings is 1. The molecule has 200 valence electrons. The summed E-state index contributed by atoms with van der Waals surface area (Å²) >= 11 is 5.99. The smallest absolute Gasteiger partial charge is 0.264 e. The highest BCUT2D eigenvalue weighted by atomic mass is 35.5. The zero-order chi connectivity index (χ0) is 25.4. The summed E-state index contributed by atoms with van der Waals surface area (Å²) in [6.07, 6.45) is 0.918. The van der Waals surface area contributed by atoms with E-state index in [4.69, 9.17) is 11.6 Å². The summed E-state index contributed by atoms with van der Waals surface area (Å²) in [5, 5.41) is 9.96. The molecule has 0 bridgehead atoms. The number of carbonyl (C=O) groups excluding carboxylic acids is 1. The SMILES string of the molecule is Cl.Cn1cc(S(=O)(=O)N2CCN(C3(CNC(=O)c4ccc(F)cc4Cl)CCC(F)(F)CC3)CC2)nn1. The maximum Gasteiger partial charge on any atom is 0.264 e. The first kappa shape index (κ1) is 28.6. The maximum absolute atomic E-state index is 14.0. The van der Waals surface area contributed by atoms with E-state index >= 15 is 0 Å². The number of hydrogen-bond donors (Lipinski definition) is 1. The van der Waals surface area contributed by atoms with Crippen LogP contribution in [0.2, 0.25) is 5.02 Å². The van der Waals surface area contributed by atoms with Gasteiger partial charge >= 0.3 is 0 Å². The number of amides is 1. The lowest BCUT2D eigenvalue weighted by Gasteiger charge is -2.50. The first-order valence-corrected chi connectivity index (χ1v) is 13.0. The minimum atomic E-state index is -3.83. The highest BCUT2D eigenvalue weighted by molar-refractivity contribution is 7.89. The van der Waals surface area contributed by atoms with Crippen molar-refractivity contribution in [2.24, 2.45) is 7.05 Å². The second kappa shape index (κ2) is 10.8. The number of sulfonamides is 1. The molecule has 2 heterocycles. The van der Waals surface area contributed by atoms with Gasteiger partial charge in [0.15, 0.2) is 0 Å². The fraction of sp³-hybridized carbons (Fsp3) is 0.571. The molecular weight excluding hydrogens is 544 g/mol. The second-order valence-electron chi connectivity index (χ2n) is 9.01. The van der Waals surface area contributed by atoms with E-state index in [1.54, 1.807) is 7.05 Å². The zero-order valence-electron chi connectivity index (χ0n) is 19.5. The third kappa shape index (κ3) is 5.96. The van der Waals surface area contributed by atoms with Crippen LogP contribution in [0.1, 0.15) is 36.0 Å². The molecule has 0 atom stereocenters. The molecule has 1 aromatic heterocycles. The number of aryl methyl sites for hydroxylation is 1. The molecule has 2 aromatic rings. The van der Waals surface area contributed by atoms with Crippen LogP contribution >= 0.6 is 24.0 Å². The number of halogens is 5. The van der Waals surface area contributed by atoms with Gasteiger partial charge in [0.25, 0.3) is 15.9 Å². The van der Waals surface area contributed by atoms with E-state index in [0.717, 1.165) is 12.1 Å². The summed E-state index contributed by atoms with van der Waals surface area (Å²) < 4.78 is 69.7. The number of rotatable bonds is 6. The normalized spacial score (nSPS) is 20.5. The summed E-state index contributed by atoms with van der Waals surface area (Å²) in [4.78, 5) is 14.7. The minimum absolute atomic E-state index is 0. The van der Waals surface area contributed by atoms with Crippen LogP contribution in [0.25, 0.3) is 0 Å². The fourth-order valence-electron chi connectivity index (χ4n) is 4.68. The zero-order valence-corrected chi connectivity index (χ0v) is 21.9. The van der Waals surface area contributed by atoms with Gasteiger partial charge in [-0.1, -0.05) is 16.8 Å². The Kier molecular flexibility index (Phi) is 8.61. The topological polar surface area (TPSA) is 100 Å². The predicted octanol–water partition coefficient (Wildman–Crippen LogP) is 2.71. The predicted molar refractivity (Wildman–Crippen MR) is 128 cm³/mol. The van der Waals surface area contributed by atoms with Gasteiger partial charge in [-0.3, -0.25) is 14.4 Å². The molecule has 4 rings (SSSR count). The van der Waals surface area contributed by atoms with Crippen LogP contribution in [0.15, 0.2) is 29.4 Å². The van der Waals surface area contributed by atoms with Crippen LogP contribution in [-0.4, -0.2) is 82.7 Å². The van der Waals surface area contributed by atoms with E-state index in [-0.39, 0.29) is 73.3 Å². The van der Waals surface area contributed by atoms with Crippen molar-refractivity contribution in [2.75, 3.05) is 32.7 Å². The Morgan fingerprint density at radius 1 is 1.14 bits per heavy atom. The lowest BCUT2D eigenvalue weighted by atomic mass is 9.78. The largest absolute Gasteiger partial charge is 0.350 e. The van der Waals surface area contributed by atoms with Gasteiger partial charge in [-0.2, -0.15) is 4.31 Å². The molecule has 1 aliphatic carbocycles.